The minimum atomic E-state index is -0.371. The van der Waals surface area contributed by atoms with Crippen LogP contribution in [0.2, 0.25) is 0 Å². The summed E-state index contributed by atoms with van der Waals surface area (Å²) in [4.78, 5) is 11.8. The average Bonchev–Trinajstić information content (AvgIpc) is 2.50. The highest BCUT2D eigenvalue weighted by molar-refractivity contribution is 5.81. The molecule has 0 aromatic rings. The molecule has 100 valence electrons. The van der Waals surface area contributed by atoms with Gasteiger partial charge in [-0.2, -0.15) is 0 Å². The zero-order valence-electron chi connectivity index (χ0n) is 11.6. The molecule has 0 aromatic carbocycles. The fourth-order valence-corrected chi connectivity index (χ4v) is 2.48. The predicted octanol–water partition coefficient (Wildman–Crippen LogP) is 2.45. The Hall–Kier alpha value is -0.570. The average molecular weight is 240 g/mol. The summed E-state index contributed by atoms with van der Waals surface area (Å²) < 4.78 is 0. The number of nitrogens with one attached hydrogen (secondary N) is 1. The quantitative estimate of drug-likeness (QED) is 0.742. The molecule has 0 aromatic heterocycles. The van der Waals surface area contributed by atoms with Crippen LogP contribution in [-0.4, -0.2) is 18.5 Å². The van der Waals surface area contributed by atoms with Crippen LogP contribution in [-0.2, 0) is 4.79 Å². The molecule has 1 fully saturated rings. The van der Waals surface area contributed by atoms with Crippen molar-refractivity contribution in [3.05, 3.63) is 0 Å². The lowest BCUT2D eigenvalue weighted by atomic mass is 9.82. The third-order valence-electron chi connectivity index (χ3n) is 4.02. The summed E-state index contributed by atoms with van der Waals surface area (Å²) in [7, 11) is 0. The second kappa shape index (κ2) is 6.39. The molecule has 3 nitrogen and oxygen atoms in total. The number of carbonyl (C=O) groups is 1. The smallest absolute Gasteiger partial charge is 0.237 e. The van der Waals surface area contributed by atoms with Gasteiger partial charge in [0.2, 0.25) is 5.91 Å². The number of rotatable bonds is 4. The molecule has 0 heterocycles. The first kappa shape index (κ1) is 14.5. The number of hydrogen-bond donors (Lipinski definition) is 2. The monoisotopic (exact) mass is 240 g/mol. The molecule has 0 unspecified atom stereocenters. The van der Waals surface area contributed by atoms with E-state index in [9.17, 15) is 4.79 Å². The van der Waals surface area contributed by atoms with E-state index < -0.39 is 0 Å². The lowest BCUT2D eigenvalue weighted by Gasteiger charge is -2.29. The number of amides is 1. The van der Waals surface area contributed by atoms with Gasteiger partial charge in [-0.15, -0.1) is 0 Å². The van der Waals surface area contributed by atoms with Crippen molar-refractivity contribution in [2.75, 3.05) is 6.54 Å². The van der Waals surface area contributed by atoms with Crippen molar-refractivity contribution in [2.45, 2.75) is 65.3 Å². The second-order valence-corrected chi connectivity index (χ2v) is 6.21. The third-order valence-corrected chi connectivity index (χ3v) is 4.02. The molecule has 1 saturated carbocycles. The van der Waals surface area contributed by atoms with Crippen LogP contribution in [0, 0.1) is 11.3 Å². The van der Waals surface area contributed by atoms with Gasteiger partial charge in [0.15, 0.2) is 0 Å². The maximum Gasteiger partial charge on any atom is 0.237 e. The summed E-state index contributed by atoms with van der Waals surface area (Å²) in [5, 5.41) is 3.04. The molecule has 0 radical (unpaired) electrons. The van der Waals surface area contributed by atoms with Crippen molar-refractivity contribution >= 4 is 5.91 Å². The third kappa shape index (κ3) is 4.66. The van der Waals surface area contributed by atoms with E-state index in [1.165, 1.54) is 38.5 Å². The standard InChI is InChI=1S/C14H28N2O/c1-11(2)12(15)13(17)16-10-14(3)8-6-4-5-7-9-14/h11-12H,4-10,15H2,1-3H3,(H,16,17)/t12-/m0/s1. The van der Waals surface area contributed by atoms with Crippen LogP contribution < -0.4 is 11.1 Å². The SMILES string of the molecule is CC(C)[C@H](N)C(=O)NCC1(C)CCCCCC1. The second-order valence-electron chi connectivity index (χ2n) is 6.21. The van der Waals surface area contributed by atoms with Crippen LogP contribution in [0.3, 0.4) is 0 Å². The van der Waals surface area contributed by atoms with Crippen molar-refractivity contribution in [2.24, 2.45) is 17.1 Å². The largest absolute Gasteiger partial charge is 0.354 e. The number of nitrogens with two attached hydrogens (primary N) is 1. The Morgan fingerprint density at radius 1 is 1.24 bits per heavy atom. The lowest BCUT2D eigenvalue weighted by molar-refractivity contribution is -0.123. The van der Waals surface area contributed by atoms with E-state index in [0.29, 0.717) is 0 Å². The van der Waals surface area contributed by atoms with Crippen molar-refractivity contribution in [1.29, 1.82) is 0 Å². The van der Waals surface area contributed by atoms with E-state index in [-0.39, 0.29) is 23.3 Å². The van der Waals surface area contributed by atoms with E-state index in [2.05, 4.69) is 12.2 Å². The molecule has 1 amide bonds. The van der Waals surface area contributed by atoms with Crippen LogP contribution in [0.5, 0.6) is 0 Å². The number of carbonyl (C=O) groups excluding carboxylic acids is 1. The molecule has 0 saturated heterocycles. The summed E-state index contributed by atoms with van der Waals surface area (Å²) in [6.45, 7) is 7.04. The first-order valence-electron chi connectivity index (χ1n) is 6.98. The Labute approximate surface area is 106 Å². The summed E-state index contributed by atoms with van der Waals surface area (Å²) in [5.41, 5.74) is 6.12. The Kier molecular flexibility index (Phi) is 5.44. The lowest BCUT2D eigenvalue weighted by Crippen LogP contribution is -2.47. The van der Waals surface area contributed by atoms with E-state index in [1.54, 1.807) is 0 Å². The Balaban J connectivity index is 2.40. The van der Waals surface area contributed by atoms with Gasteiger partial charge >= 0.3 is 0 Å². The van der Waals surface area contributed by atoms with Gasteiger partial charge in [-0.05, 0) is 24.2 Å². The first-order valence-corrected chi connectivity index (χ1v) is 6.98. The molecule has 0 aliphatic heterocycles. The van der Waals surface area contributed by atoms with Crippen LogP contribution in [0.4, 0.5) is 0 Å². The Morgan fingerprint density at radius 2 is 1.76 bits per heavy atom. The van der Waals surface area contributed by atoms with Crippen LogP contribution in [0.1, 0.15) is 59.3 Å². The normalized spacial score (nSPS) is 21.9. The molecule has 3 heteroatoms. The molecule has 3 N–H and O–H groups in total. The first-order chi connectivity index (χ1) is 7.94. The summed E-state index contributed by atoms with van der Waals surface area (Å²) in [6.07, 6.45) is 7.73. The van der Waals surface area contributed by atoms with Gasteiger partial charge in [-0.25, -0.2) is 0 Å². The molecule has 0 bridgehead atoms. The molecule has 0 spiro atoms. The molecular formula is C14H28N2O. The molecule has 1 atom stereocenters. The Bertz CT molecular complexity index is 243. The van der Waals surface area contributed by atoms with Crippen molar-refractivity contribution in [1.82, 2.24) is 5.32 Å². The van der Waals surface area contributed by atoms with E-state index >= 15 is 0 Å². The van der Waals surface area contributed by atoms with Crippen LogP contribution in [0.15, 0.2) is 0 Å². The number of hydrogen-bond acceptors (Lipinski definition) is 2. The maximum absolute atomic E-state index is 11.8. The fraction of sp³-hybridized carbons (Fsp3) is 0.929. The van der Waals surface area contributed by atoms with Crippen molar-refractivity contribution in [3.8, 4) is 0 Å². The van der Waals surface area contributed by atoms with Gasteiger partial charge in [-0.3, -0.25) is 4.79 Å². The Morgan fingerprint density at radius 3 is 2.24 bits per heavy atom. The zero-order valence-corrected chi connectivity index (χ0v) is 11.6. The van der Waals surface area contributed by atoms with Gasteiger partial charge in [0.25, 0.3) is 0 Å². The van der Waals surface area contributed by atoms with Crippen molar-refractivity contribution < 1.29 is 4.79 Å². The zero-order chi connectivity index (χ0) is 12.9. The van der Waals surface area contributed by atoms with E-state index in [0.717, 1.165) is 6.54 Å². The maximum atomic E-state index is 11.8. The van der Waals surface area contributed by atoms with Gasteiger partial charge < -0.3 is 11.1 Å². The summed E-state index contributed by atoms with van der Waals surface area (Å²) in [6, 6.07) is -0.371. The molecule has 1 rings (SSSR count). The van der Waals surface area contributed by atoms with Gasteiger partial charge in [0.05, 0.1) is 6.04 Å². The summed E-state index contributed by atoms with van der Waals surface area (Å²) in [5.74, 6) is 0.211. The topological polar surface area (TPSA) is 55.1 Å². The van der Waals surface area contributed by atoms with Crippen LogP contribution >= 0.6 is 0 Å². The highest BCUT2D eigenvalue weighted by atomic mass is 16.2. The van der Waals surface area contributed by atoms with E-state index in [1.807, 2.05) is 13.8 Å². The highest BCUT2D eigenvalue weighted by Crippen LogP contribution is 2.33. The van der Waals surface area contributed by atoms with E-state index in [4.69, 9.17) is 5.73 Å². The summed E-state index contributed by atoms with van der Waals surface area (Å²) >= 11 is 0. The van der Waals surface area contributed by atoms with Crippen LogP contribution in [0.25, 0.3) is 0 Å². The molecular weight excluding hydrogens is 212 g/mol. The van der Waals surface area contributed by atoms with Gasteiger partial charge in [0.1, 0.15) is 0 Å². The van der Waals surface area contributed by atoms with Crippen molar-refractivity contribution in [3.63, 3.8) is 0 Å². The highest BCUT2D eigenvalue weighted by Gasteiger charge is 2.27. The predicted molar refractivity (Wildman–Crippen MR) is 71.6 cm³/mol. The minimum Gasteiger partial charge on any atom is -0.354 e. The molecule has 1 aliphatic rings. The fourth-order valence-electron chi connectivity index (χ4n) is 2.48. The van der Waals surface area contributed by atoms with Gasteiger partial charge in [-0.1, -0.05) is 46.5 Å². The minimum absolute atomic E-state index is 0.00507. The molecule has 17 heavy (non-hydrogen) atoms. The van der Waals surface area contributed by atoms with Gasteiger partial charge in [0, 0.05) is 6.54 Å². The molecule has 1 aliphatic carbocycles.